The third-order valence-electron chi connectivity index (χ3n) is 3.01. The van der Waals surface area contributed by atoms with Crippen molar-refractivity contribution in [3.63, 3.8) is 0 Å². The van der Waals surface area contributed by atoms with Gasteiger partial charge in [-0.05, 0) is 32.0 Å². The fourth-order valence-corrected chi connectivity index (χ4v) is 2.05. The number of nitro benzene ring substituents is 1. The molecule has 1 heterocycles. The number of hydrogen-bond acceptors (Lipinski definition) is 4. The van der Waals surface area contributed by atoms with Gasteiger partial charge in [-0.2, -0.15) is 0 Å². The van der Waals surface area contributed by atoms with Crippen LogP contribution in [0.2, 0.25) is 0 Å². The van der Waals surface area contributed by atoms with Gasteiger partial charge >= 0.3 is 0 Å². The molecule has 1 atom stereocenters. The second-order valence-corrected chi connectivity index (χ2v) is 4.50. The van der Waals surface area contributed by atoms with Gasteiger partial charge in [0.15, 0.2) is 0 Å². The molecule has 2 rings (SSSR count). The van der Waals surface area contributed by atoms with Crippen LogP contribution in [0.25, 0.3) is 0 Å². The summed E-state index contributed by atoms with van der Waals surface area (Å²) < 4.78 is 5.85. The van der Waals surface area contributed by atoms with E-state index in [1.165, 1.54) is 6.07 Å². The van der Waals surface area contributed by atoms with E-state index in [9.17, 15) is 10.1 Å². The van der Waals surface area contributed by atoms with Crippen LogP contribution in [-0.2, 0) is 0 Å². The van der Waals surface area contributed by atoms with E-state index in [0.29, 0.717) is 0 Å². The molecule has 1 aromatic rings. The highest BCUT2D eigenvalue weighted by Gasteiger charge is 2.21. The number of nitro groups is 1. The molecule has 5 heteroatoms. The molecule has 0 radical (unpaired) electrons. The number of nitrogens with zero attached hydrogens (tertiary/aromatic N) is 2. The van der Waals surface area contributed by atoms with Gasteiger partial charge in [-0.25, -0.2) is 0 Å². The normalized spacial score (nSPS) is 20.5. The van der Waals surface area contributed by atoms with Crippen LogP contribution in [0, 0.1) is 17.0 Å². The molecule has 1 aliphatic rings. The summed E-state index contributed by atoms with van der Waals surface area (Å²) in [6.07, 6.45) is 1.20. The van der Waals surface area contributed by atoms with Crippen molar-refractivity contribution in [1.82, 2.24) is 4.90 Å². The van der Waals surface area contributed by atoms with Crippen LogP contribution in [0.3, 0.4) is 0 Å². The van der Waals surface area contributed by atoms with Crippen molar-refractivity contribution in [2.45, 2.75) is 19.4 Å². The highest BCUT2D eigenvalue weighted by atomic mass is 16.6. The number of likely N-dealkylation sites (tertiary alicyclic amines) is 1. The summed E-state index contributed by atoms with van der Waals surface area (Å²) in [7, 11) is 2.06. The Labute approximate surface area is 100 Å². The molecule has 0 N–H and O–H groups in total. The van der Waals surface area contributed by atoms with Gasteiger partial charge in [0.05, 0.1) is 4.92 Å². The van der Waals surface area contributed by atoms with Crippen molar-refractivity contribution >= 4 is 5.69 Å². The second-order valence-electron chi connectivity index (χ2n) is 4.50. The molecule has 5 nitrogen and oxygen atoms in total. The van der Waals surface area contributed by atoms with Crippen LogP contribution < -0.4 is 4.74 Å². The van der Waals surface area contributed by atoms with E-state index in [1.54, 1.807) is 12.1 Å². The van der Waals surface area contributed by atoms with E-state index in [2.05, 4.69) is 11.9 Å². The number of aryl methyl sites for hydroxylation is 1. The van der Waals surface area contributed by atoms with E-state index >= 15 is 0 Å². The Morgan fingerprint density at radius 3 is 2.82 bits per heavy atom. The highest BCUT2D eigenvalue weighted by molar-refractivity contribution is 5.43. The zero-order valence-electron chi connectivity index (χ0n) is 10.0. The maximum atomic E-state index is 10.6. The number of likely N-dealkylation sites (N-methyl/N-ethyl adjacent to an activating group) is 1. The minimum Gasteiger partial charge on any atom is -0.489 e. The lowest BCUT2D eigenvalue weighted by molar-refractivity contribution is -0.384. The summed E-state index contributed by atoms with van der Waals surface area (Å²) in [5.74, 6) is 0.746. The van der Waals surface area contributed by atoms with Crippen molar-refractivity contribution in [2.24, 2.45) is 0 Å². The lowest BCUT2D eigenvalue weighted by Gasteiger charge is -2.15. The van der Waals surface area contributed by atoms with Gasteiger partial charge in [0.1, 0.15) is 11.9 Å². The molecule has 1 fully saturated rings. The molecule has 1 aliphatic heterocycles. The maximum Gasteiger partial charge on any atom is 0.269 e. The minimum absolute atomic E-state index is 0.110. The van der Waals surface area contributed by atoms with Crippen molar-refractivity contribution in [1.29, 1.82) is 0 Å². The third kappa shape index (κ3) is 2.74. The molecular formula is C12H16N2O3. The summed E-state index contributed by atoms with van der Waals surface area (Å²) in [5, 5.41) is 10.6. The van der Waals surface area contributed by atoms with E-state index in [0.717, 1.165) is 30.8 Å². The highest BCUT2D eigenvalue weighted by Crippen LogP contribution is 2.25. The molecule has 1 unspecified atom stereocenters. The van der Waals surface area contributed by atoms with E-state index < -0.39 is 0 Å². The third-order valence-corrected chi connectivity index (χ3v) is 3.01. The van der Waals surface area contributed by atoms with Gasteiger partial charge in [-0.1, -0.05) is 0 Å². The number of rotatable bonds is 3. The monoisotopic (exact) mass is 236 g/mol. The number of benzene rings is 1. The maximum absolute atomic E-state index is 10.6. The lowest BCUT2D eigenvalue weighted by atomic mass is 10.2. The van der Waals surface area contributed by atoms with Crippen molar-refractivity contribution < 1.29 is 9.66 Å². The van der Waals surface area contributed by atoms with Crippen LogP contribution in [0.4, 0.5) is 5.69 Å². The molecule has 0 saturated carbocycles. The van der Waals surface area contributed by atoms with E-state index in [4.69, 9.17) is 4.74 Å². The first-order chi connectivity index (χ1) is 8.06. The number of hydrogen-bond donors (Lipinski definition) is 0. The Balaban J connectivity index is 2.09. The summed E-state index contributed by atoms with van der Waals surface area (Å²) in [6.45, 7) is 3.79. The number of ether oxygens (including phenoxy) is 1. The van der Waals surface area contributed by atoms with Crippen molar-refractivity contribution in [3.8, 4) is 5.75 Å². The second kappa shape index (κ2) is 4.71. The molecule has 1 aromatic carbocycles. The van der Waals surface area contributed by atoms with Crippen molar-refractivity contribution in [3.05, 3.63) is 33.9 Å². The Kier molecular flexibility index (Phi) is 3.28. The fraction of sp³-hybridized carbons (Fsp3) is 0.500. The van der Waals surface area contributed by atoms with Gasteiger partial charge in [0.25, 0.3) is 5.69 Å². The molecule has 17 heavy (non-hydrogen) atoms. The molecule has 0 aromatic heterocycles. The van der Waals surface area contributed by atoms with Gasteiger partial charge in [-0.3, -0.25) is 10.1 Å². The molecule has 92 valence electrons. The van der Waals surface area contributed by atoms with Gasteiger partial charge in [0, 0.05) is 25.2 Å². The zero-order chi connectivity index (χ0) is 12.4. The average molecular weight is 236 g/mol. The first-order valence-corrected chi connectivity index (χ1v) is 5.66. The predicted octanol–water partition coefficient (Wildman–Crippen LogP) is 1.99. The van der Waals surface area contributed by atoms with Crippen molar-refractivity contribution in [2.75, 3.05) is 20.1 Å². The average Bonchev–Trinajstić information content (AvgIpc) is 2.67. The van der Waals surface area contributed by atoms with Gasteiger partial charge in [0.2, 0.25) is 0 Å². The largest absolute Gasteiger partial charge is 0.489 e. The van der Waals surface area contributed by atoms with E-state index in [1.807, 2.05) is 6.92 Å². The predicted molar refractivity (Wildman–Crippen MR) is 64.4 cm³/mol. The molecule has 0 bridgehead atoms. The summed E-state index contributed by atoms with van der Waals surface area (Å²) in [6, 6.07) is 4.72. The minimum atomic E-state index is -0.389. The zero-order valence-corrected chi connectivity index (χ0v) is 10.0. The summed E-state index contributed by atoms with van der Waals surface area (Å²) in [5.41, 5.74) is 0.923. The standard InChI is InChI=1S/C12H16N2O3/c1-9-7-10(14(15)16)3-4-12(9)17-11-5-6-13(2)8-11/h3-4,7,11H,5-6,8H2,1-2H3. The molecular weight excluding hydrogens is 220 g/mol. The SMILES string of the molecule is Cc1cc([N+](=O)[O-])ccc1OC1CCN(C)C1. The summed E-state index contributed by atoms with van der Waals surface area (Å²) in [4.78, 5) is 12.4. The first-order valence-electron chi connectivity index (χ1n) is 5.66. The van der Waals surface area contributed by atoms with Gasteiger partial charge < -0.3 is 9.64 Å². The van der Waals surface area contributed by atoms with Crippen LogP contribution >= 0.6 is 0 Å². The lowest BCUT2D eigenvalue weighted by Crippen LogP contribution is -2.21. The van der Waals surface area contributed by atoms with Crippen LogP contribution in [-0.4, -0.2) is 36.1 Å². The number of non-ortho nitro benzene ring substituents is 1. The quantitative estimate of drug-likeness (QED) is 0.595. The smallest absolute Gasteiger partial charge is 0.269 e. The Hall–Kier alpha value is -1.62. The van der Waals surface area contributed by atoms with Gasteiger partial charge in [-0.15, -0.1) is 0 Å². The topological polar surface area (TPSA) is 55.6 Å². The van der Waals surface area contributed by atoms with E-state index in [-0.39, 0.29) is 16.7 Å². The molecule has 0 amide bonds. The Bertz CT molecular complexity index is 434. The van der Waals surface area contributed by atoms with Crippen LogP contribution in [0.1, 0.15) is 12.0 Å². The Morgan fingerprint density at radius 2 is 2.29 bits per heavy atom. The van der Waals surface area contributed by atoms with Crippen LogP contribution in [0.5, 0.6) is 5.75 Å². The first kappa shape index (κ1) is 11.9. The summed E-state index contributed by atoms with van der Waals surface area (Å²) >= 11 is 0. The Morgan fingerprint density at radius 1 is 1.53 bits per heavy atom. The molecule has 0 spiro atoms. The van der Waals surface area contributed by atoms with Crippen LogP contribution in [0.15, 0.2) is 18.2 Å². The molecule has 0 aliphatic carbocycles. The fourth-order valence-electron chi connectivity index (χ4n) is 2.05. The molecule has 1 saturated heterocycles.